The first-order valence-electron chi connectivity index (χ1n) is 14.5. The third-order valence-electron chi connectivity index (χ3n) is 8.18. The number of rotatable bonds is 11. The van der Waals surface area contributed by atoms with Crippen LogP contribution in [0.4, 0.5) is 4.79 Å². The molecule has 0 aliphatic heterocycles. The summed E-state index contributed by atoms with van der Waals surface area (Å²) in [7, 11) is 0. The monoisotopic (exact) mass is 576 g/mol. The third-order valence-corrected chi connectivity index (χ3v) is 8.18. The summed E-state index contributed by atoms with van der Waals surface area (Å²) >= 11 is 0. The number of hydrogen-bond donors (Lipinski definition) is 5. The van der Waals surface area contributed by atoms with Gasteiger partial charge in [-0.15, -0.1) is 0 Å². The number of ether oxygens (including phenoxy) is 1. The maximum atomic E-state index is 14.0. The third kappa shape index (κ3) is 6.75. The molecule has 5 N–H and O–H groups in total. The summed E-state index contributed by atoms with van der Waals surface area (Å²) < 4.78 is 5.38. The molecule has 2 aromatic carbocycles. The van der Waals surface area contributed by atoms with Crippen molar-refractivity contribution in [1.29, 1.82) is 0 Å². The van der Waals surface area contributed by atoms with Crippen molar-refractivity contribution in [2.24, 2.45) is 11.8 Å². The van der Waals surface area contributed by atoms with Crippen LogP contribution in [-0.4, -0.2) is 51.6 Å². The van der Waals surface area contributed by atoms with Crippen LogP contribution in [0.3, 0.4) is 0 Å². The molecule has 0 bridgehead atoms. The van der Waals surface area contributed by atoms with Crippen LogP contribution >= 0.6 is 0 Å². The van der Waals surface area contributed by atoms with Gasteiger partial charge in [-0.2, -0.15) is 0 Å². The van der Waals surface area contributed by atoms with Crippen molar-refractivity contribution < 1.29 is 29.0 Å². The second-order valence-electron chi connectivity index (χ2n) is 11.5. The van der Waals surface area contributed by atoms with Crippen molar-refractivity contribution in [1.82, 2.24) is 20.9 Å². The Bertz CT molecular complexity index is 1440. The first-order valence-corrected chi connectivity index (χ1v) is 14.5. The number of carbonyl (C=O) groups is 4. The van der Waals surface area contributed by atoms with Gasteiger partial charge in [-0.05, 0) is 41.9 Å². The highest BCUT2D eigenvalue weighted by atomic mass is 16.5. The fourth-order valence-electron chi connectivity index (χ4n) is 5.46. The Hall–Kier alpha value is -4.34. The number of H-pyrrole nitrogens is 1. The number of aromatic nitrogens is 1. The number of carboxylic acid groups (broad SMARTS) is 1. The molecule has 3 amide bonds. The zero-order valence-electron chi connectivity index (χ0n) is 24.5. The van der Waals surface area contributed by atoms with E-state index in [0.717, 1.165) is 27.7 Å². The molecule has 0 spiro atoms. The van der Waals surface area contributed by atoms with Gasteiger partial charge in [0.25, 0.3) is 0 Å². The van der Waals surface area contributed by atoms with E-state index in [1.54, 1.807) is 13.8 Å². The predicted octanol–water partition coefficient (Wildman–Crippen LogP) is 4.08. The Kier molecular flexibility index (Phi) is 9.55. The van der Waals surface area contributed by atoms with Crippen molar-refractivity contribution in [3.05, 3.63) is 71.4 Å². The van der Waals surface area contributed by atoms with E-state index in [9.17, 15) is 24.3 Å². The largest absolute Gasteiger partial charge is 0.480 e. The number of para-hydroxylation sites is 1. The average Bonchev–Trinajstić information content (AvgIpc) is 3.34. The molecule has 0 radical (unpaired) electrons. The van der Waals surface area contributed by atoms with Gasteiger partial charge in [0.1, 0.15) is 24.2 Å². The average molecular weight is 577 g/mol. The van der Waals surface area contributed by atoms with Gasteiger partial charge in [-0.3, -0.25) is 9.59 Å². The Balaban J connectivity index is 1.61. The molecule has 1 aliphatic rings. The van der Waals surface area contributed by atoms with E-state index in [4.69, 9.17) is 4.74 Å². The number of aliphatic carboxylic acids is 1. The fraction of sp³-hybridized carbons (Fsp3) is 0.438. The van der Waals surface area contributed by atoms with Crippen LogP contribution in [0.5, 0.6) is 0 Å². The summed E-state index contributed by atoms with van der Waals surface area (Å²) in [6.07, 6.45) is 0.723. The topological polar surface area (TPSA) is 150 Å². The normalized spacial score (nSPS) is 18.4. The minimum Gasteiger partial charge on any atom is -0.480 e. The molecule has 10 nitrogen and oxygen atoms in total. The zero-order chi connectivity index (χ0) is 30.4. The van der Waals surface area contributed by atoms with Crippen molar-refractivity contribution in [2.45, 2.75) is 77.6 Å². The Labute approximate surface area is 245 Å². The second-order valence-corrected chi connectivity index (χ2v) is 11.5. The second kappa shape index (κ2) is 13.1. The molecular formula is C32H40N4O6. The molecule has 42 heavy (non-hydrogen) atoms. The number of aromatic amines is 1. The molecule has 0 saturated carbocycles. The predicted molar refractivity (Wildman–Crippen MR) is 159 cm³/mol. The Morgan fingerprint density at radius 1 is 0.976 bits per heavy atom. The van der Waals surface area contributed by atoms with Crippen molar-refractivity contribution in [2.75, 3.05) is 0 Å². The lowest BCUT2D eigenvalue weighted by Gasteiger charge is -2.39. The molecular weight excluding hydrogens is 536 g/mol. The molecule has 1 heterocycles. The van der Waals surface area contributed by atoms with Crippen molar-refractivity contribution in [3.63, 3.8) is 0 Å². The van der Waals surface area contributed by atoms with Gasteiger partial charge in [-0.1, -0.05) is 82.6 Å². The number of carbonyl (C=O) groups excluding carboxylic acids is 3. The van der Waals surface area contributed by atoms with Crippen LogP contribution < -0.4 is 16.0 Å². The molecule has 1 aromatic heterocycles. The number of amides is 3. The standard InChI is InChI=1S/C32H40N4O6/c1-5-20(4)27(35-31(41)42-18-21-11-7-6-8-12-21)28(37)36-32(30(40)34-26(19(2)3)29(38)39)16-15-25-23(17-32)22-13-9-10-14-24(22)33-25/h6-14,19-20,26-27,33H,5,15-18H2,1-4H3,(H,34,40)(H,35,41)(H,36,37)(H,38,39)/t20?,26-,27-,32+/m0/s1. The van der Waals surface area contributed by atoms with Gasteiger partial charge in [0.2, 0.25) is 11.8 Å². The van der Waals surface area contributed by atoms with Crippen LogP contribution in [0, 0.1) is 11.8 Å². The number of carboxylic acids is 1. The summed E-state index contributed by atoms with van der Waals surface area (Å²) in [6, 6.07) is 14.8. The van der Waals surface area contributed by atoms with Gasteiger partial charge in [-0.25, -0.2) is 9.59 Å². The maximum absolute atomic E-state index is 14.0. The van der Waals surface area contributed by atoms with Crippen molar-refractivity contribution in [3.8, 4) is 0 Å². The zero-order valence-corrected chi connectivity index (χ0v) is 24.5. The minimum atomic E-state index is -1.43. The number of benzene rings is 2. The first kappa shape index (κ1) is 30.6. The summed E-state index contributed by atoms with van der Waals surface area (Å²) in [4.78, 5) is 56.0. The number of alkyl carbamates (subject to hydrolysis) is 1. The molecule has 1 unspecified atom stereocenters. The molecule has 3 aromatic rings. The van der Waals surface area contributed by atoms with E-state index in [2.05, 4.69) is 20.9 Å². The number of fused-ring (bicyclic) bond motifs is 3. The first-order chi connectivity index (χ1) is 20.0. The minimum absolute atomic E-state index is 0.0446. The highest BCUT2D eigenvalue weighted by Gasteiger charge is 2.46. The quantitative estimate of drug-likeness (QED) is 0.232. The number of hydrogen-bond acceptors (Lipinski definition) is 5. The van der Waals surface area contributed by atoms with E-state index in [-0.39, 0.29) is 31.3 Å². The molecule has 1 aliphatic carbocycles. The molecule has 4 atom stereocenters. The fourth-order valence-corrected chi connectivity index (χ4v) is 5.46. The summed E-state index contributed by atoms with van der Waals surface area (Å²) in [5.41, 5.74) is 2.19. The Morgan fingerprint density at radius 3 is 2.33 bits per heavy atom. The van der Waals surface area contributed by atoms with E-state index >= 15 is 0 Å². The summed E-state index contributed by atoms with van der Waals surface area (Å²) in [5.74, 6) is -2.90. The maximum Gasteiger partial charge on any atom is 0.408 e. The van der Waals surface area contributed by atoms with Gasteiger partial charge >= 0.3 is 12.1 Å². The SMILES string of the molecule is CCC(C)[C@H](NC(=O)OCc1ccccc1)C(=O)N[C@]1(C(=O)N[C@H](C(=O)O)C(C)C)CCc2[nH]c3ccccc3c2C1. The lowest BCUT2D eigenvalue weighted by atomic mass is 9.78. The van der Waals surface area contributed by atoms with Crippen LogP contribution in [0.1, 0.15) is 57.4 Å². The summed E-state index contributed by atoms with van der Waals surface area (Å²) in [6.45, 7) is 7.22. The lowest BCUT2D eigenvalue weighted by Crippen LogP contribution is -2.66. The summed E-state index contributed by atoms with van der Waals surface area (Å²) in [5, 5.41) is 19.1. The Morgan fingerprint density at radius 2 is 1.67 bits per heavy atom. The van der Waals surface area contributed by atoms with Crippen LogP contribution in [0.25, 0.3) is 10.9 Å². The van der Waals surface area contributed by atoms with Crippen LogP contribution in [0.2, 0.25) is 0 Å². The van der Waals surface area contributed by atoms with E-state index in [1.807, 2.05) is 68.4 Å². The van der Waals surface area contributed by atoms with Crippen molar-refractivity contribution >= 4 is 34.8 Å². The van der Waals surface area contributed by atoms with Gasteiger partial charge in [0.05, 0.1) is 0 Å². The molecule has 10 heteroatoms. The van der Waals surface area contributed by atoms with Gasteiger partial charge in [0, 0.05) is 23.0 Å². The highest BCUT2D eigenvalue weighted by Crippen LogP contribution is 2.35. The van der Waals surface area contributed by atoms with Crippen LogP contribution in [-0.2, 0) is 38.6 Å². The van der Waals surface area contributed by atoms with E-state index < -0.39 is 41.5 Å². The van der Waals surface area contributed by atoms with E-state index in [1.165, 1.54) is 0 Å². The molecule has 0 saturated heterocycles. The molecule has 4 rings (SSSR count). The molecule has 224 valence electrons. The lowest BCUT2D eigenvalue weighted by molar-refractivity contribution is -0.145. The molecule has 0 fully saturated rings. The smallest absolute Gasteiger partial charge is 0.408 e. The van der Waals surface area contributed by atoms with Gasteiger partial charge < -0.3 is 30.8 Å². The van der Waals surface area contributed by atoms with E-state index in [0.29, 0.717) is 12.8 Å². The van der Waals surface area contributed by atoms with Crippen LogP contribution in [0.15, 0.2) is 54.6 Å². The van der Waals surface area contributed by atoms with Gasteiger partial charge in [0.15, 0.2) is 0 Å². The highest BCUT2D eigenvalue weighted by molar-refractivity contribution is 5.97. The number of aryl methyl sites for hydroxylation is 1. The number of nitrogens with one attached hydrogen (secondary N) is 4.